The van der Waals surface area contributed by atoms with Crippen molar-refractivity contribution in [1.29, 1.82) is 0 Å². The van der Waals surface area contributed by atoms with E-state index < -0.39 is 4.92 Å². The van der Waals surface area contributed by atoms with E-state index >= 15 is 0 Å². The fourth-order valence-corrected chi connectivity index (χ4v) is 1.33. The highest BCUT2D eigenvalue weighted by molar-refractivity contribution is 5.56. The van der Waals surface area contributed by atoms with E-state index in [0.29, 0.717) is 0 Å². The standard InChI is InChI=1S/C11H9N5O4/c12-11-8(17)3-4-10(13-11)15-14-7-2-1-6(16(19)20)5-9(7)18/h1-5,17-18H,(H2,12,13). The van der Waals surface area contributed by atoms with Crippen molar-refractivity contribution >= 4 is 23.0 Å². The Labute approximate surface area is 112 Å². The van der Waals surface area contributed by atoms with Crippen molar-refractivity contribution in [3.63, 3.8) is 0 Å². The van der Waals surface area contributed by atoms with Crippen LogP contribution in [0.3, 0.4) is 0 Å². The van der Waals surface area contributed by atoms with E-state index in [1.807, 2.05) is 0 Å². The molecule has 1 heterocycles. The van der Waals surface area contributed by atoms with E-state index in [4.69, 9.17) is 5.73 Å². The highest BCUT2D eigenvalue weighted by Crippen LogP contribution is 2.31. The summed E-state index contributed by atoms with van der Waals surface area (Å²) >= 11 is 0. The Morgan fingerprint density at radius 3 is 2.50 bits per heavy atom. The lowest BCUT2D eigenvalue weighted by Gasteiger charge is -1.99. The Balaban J connectivity index is 2.27. The lowest BCUT2D eigenvalue weighted by atomic mass is 10.2. The van der Waals surface area contributed by atoms with Gasteiger partial charge in [-0.2, -0.15) is 0 Å². The Morgan fingerprint density at radius 1 is 1.15 bits per heavy atom. The van der Waals surface area contributed by atoms with Crippen molar-refractivity contribution in [3.8, 4) is 11.5 Å². The first-order valence-electron chi connectivity index (χ1n) is 5.32. The van der Waals surface area contributed by atoms with E-state index in [1.165, 1.54) is 24.3 Å². The second kappa shape index (κ2) is 5.18. The first-order chi connectivity index (χ1) is 9.47. The zero-order valence-corrected chi connectivity index (χ0v) is 9.96. The lowest BCUT2D eigenvalue weighted by molar-refractivity contribution is -0.384. The summed E-state index contributed by atoms with van der Waals surface area (Å²) in [5, 5.41) is 36.7. The molecular weight excluding hydrogens is 266 g/mol. The fraction of sp³-hybridized carbons (Fsp3) is 0. The first-order valence-corrected chi connectivity index (χ1v) is 5.32. The summed E-state index contributed by atoms with van der Waals surface area (Å²) in [5.41, 5.74) is 5.17. The van der Waals surface area contributed by atoms with Gasteiger partial charge in [0.15, 0.2) is 17.4 Å². The largest absolute Gasteiger partial charge is 0.505 e. The highest BCUT2D eigenvalue weighted by atomic mass is 16.6. The van der Waals surface area contributed by atoms with E-state index in [-0.39, 0.29) is 34.5 Å². The molecule has 0 aliphatic heterocycles. The molecule has 0 aliphatic carbocycles. The summed E-state index contributed by atoms with van der Waals surface area (Å²) in [6.07, 6.45) is 0. The monoisotopic (exact) mass is 275 g/mol. The van der Waals surface area contributed by atoms with Gasteiger partial charge in [-0.15, -0.1) is 10.2 Å². The Hall–Kier alpha value is -3.23. The van der Waals surface area contributed by atoms with Gasteiger partial charge < -0.3 is 15.9 Å². The van der Waals surface area contributed by atoms with Gasteiger partial charge in [-0.3, -0.25) is 10.1 Å². The lowest BCUT2D eigenvalue weighted by Crippen LogP contribution is -1.89. The topological polar surface area (TPSA) is 147 Å². The fourth-order valence-electron chi connectivity index (χ4n) is 1.33. The summed E-state index contributed by atoms with van der Waals surface area (Å²) in [6, 6.07) is 6.07. The third-order valence-corrected chi connectivity index (χ3v) is 2.32. The van der Waals surface area contributed by atoms with Gasteiger partial charge in [0.1, 0.15) is 11.4 Å². The molecule has 0 radical (unpaired) electrons. The van der Waals surface area contributed by atoms with Gasteiger partial charge in [-0.25, -0.2) is 4.98 Å². The molecule has 9 nitrogen and oxygen atoms in total. The average molecular weight is 275 g/mol. The van der Waals surface area contributed by atoms with Gasteiger partial charge in [0.2, 0.25) is 0 Å². The molecule has 0 saturated carbocycles. The molecule has 9 heteroatoms. The molecule has 1 aromatic carbocycles. The number of nitrogen functional groups attached to an aromatic ring is 1. The molecule has 0 atom stereocenters. The van der Waals surface area contributed by atoms with Gasteiger partial charge in [0.05, 0.1) is 11.0 Å². The molecule has 2 aromatic rings. The van der Waals surface area contributed by atoms with Crippen LogP contribution < -0.4 is 5.73 Å². The molecule has 2 rings (SSSR count). The number of nitrogens with zero attached hydrogens (tertiary/aromatic N) is 4. The van der Waals surface area contributed by atoms with Crippen LogP contribution in [0.1, 0.15) is 0 Å². The average Bonchev–Trinajstić information content (AvgIpc) is 2.41. The maximum absolute atomic E-state index is 10.5. The zero-order valence-electron chi connectivity index (χ0n) is 9.96. The minimum Gasteiger partial charge on any atom is -0.505 e. The smallest absolute Gasteiger partial charge is 0.273 e. The minimum atomic E-state index is -0.636. The zero-order chi connectivity index (χ0) is 14.7. The number of phenolic OH excluding ortho intramolecular Hbond substituents is 1. The molecular formula is C11H9N5O4. The summed E-state index contributed by atoms with van der Waals surface area (Å²) < 4.78 is 0. The third-order valence-electron chi connectivity index (χ3n) is 2.32. The van der Waals surface area contributed by atoms with Crippen LogP contribution in [0.15, 0.2) is 40.6 Å². The molecule has 0 aliphatic rings. The van der Waals surface area contributed by atoms with E-state index in [0.717, 1.165) is 6.07 Å². The maximum Gasteiger partial charge on any atom is 0.273 e. The minimum absolute atomic E-state index is 0.0454. The summed E-state index contributed by atoms with van der Waals surface area (Å²) in [4.78, 5) is 13.6. The summed E-state index contributed by atoms with van der Waals surface area (Å²) in [7, 11) is 0. The summed E-state index contributed by atoms with van der Waals surface area (Å²) in [5.74, 6) is -0.538. The number of non-ortho nitro benzene ring substituents is 1. The molecule has 0 amide bonds. The van der Waals surface area contributed by atoms with Crippen LogP contribution in [-0.2, 0) is 0 Å². The molecule has 0 saturated heterocycles. The Morgan fingerprint density at radius 2 is 1.90 bits per heavy atom. The number of aromatic hydroxyl groups is 2. The molecule has 102 valence electrons. The van der Waals surface area contributed by atoms with E-state index in [1.54, 1.807) is 0 Å². The second-order valence-corrected chi connectivity index (χ2v) is 3.70. The SMILES string of the molecule is Nc1nc(N=Nc2ccc([N+](=O)[O-])cc2O)ccc1O. The Bertz CT molecular complexity index is 701. The normalized spacial score (nSPS) is 10.8. The van der Waals surface area contributed by atoms with Crippen molar-refractivity contribution in [2.45, 2.75) is 0 Å². The van der Waals surface area contributed by atoms with E-state index in [2.05, 4.69) is 15.2 Å². The van der Waals surface area contributed by atoms with Crippen molar-refractivity contribution in [3.05, 3.63) is 40.4 Å². The number of phenols is 1. The van der Waals surface area contributed by atoms with Crippen molar-refractivity contribution < 1.29 is 15.1 Å². The number of aromatic nitrogens is 1. The molecule has 1 aromatic heterocycles. The van der Waals surface area contributed by atoms with Crippen molar-refractivity contribution in [2.75, 3.05) is 5.73 Å². The first kappa shape index (κ1) is 13.2. The molecule has 0 spiro atoms. The second-order valence-electron chi connectivity index (χ2n) is 3.70. The third kappa shape index (κ3) is 2.77. The van der Waals surface area contributed by atoms with Crippen LogP contribution in [0.2, 0.25) is 0 Å². The number of nitro benzene ring substituents is 1. The van der Waals surface area contributed by atoms with Crippen LogP contribution in [0.5, 0.6) is 11.5 Å². The molecule has 20 heavy (non-hydrogen) atoms. The van der Waals surface area contributed by atoms with Gasteiger partial charge >= 0.3 is 0 Å². The number of nitrogens with two attached hydrogens (primary N) is 1. The van der Waals surface area contributed by atoms with Gasteiger partial charge in [-0.1, -0.05) is 0 Å². The molecule has 0 bridgehead atoms. The van der Waals surface area contributed by atoms with Crippen LogP contribution >= 0.6 is 0 Å². The predicted molar refractivity (Wildman–Crippen MR) is 69.3 cm³/mol. The number of nitro groups is 1. The molecule has 0 unspecified atom stereocenters. The Kier molecular flexibility index (Phi) is 3.42. The van der Waals surface area contributed by atoms with Crippen LogP contribution in [0.25, 0.3) is 0 Å². The maximum atomic E-state index is 10.5. The van der Waals surface area contributed by atoms with Crippen molar-refractivity contribution in [1.82, 2.24) is 4.98 Å². The van der Waals surface area contributed by atoms with Crippen LogP contribution in [0, 0.1) is 10.1 Å². The number of benzene rings is 1. The number of anilines is 1. The summed E-state index contributed by atoms with van der Waals surface area (Å²) in [6.45, 7) is 0. The molecule has 4 N–H and O–H groups in total. The number of azo groups is 1. The number of rotatable bonds is 3. The van der Waals surface area contributed by atoms with Gasteiger partial charge in [0, 0.05) is 6.07 Å². The number of pyridine rings is 1. The van der Waals surface area contributed by atoms with Crippen LogP contribution in [-0.4, -0.2) is 20.1 Å². The molecule has 0 fully saturated rings. The predicted octanol–water partition coefficient (Wildman–Crippen LogP) is 2.40. The number of hydrogen-bond acceptors (Lipinski definition) is 8. The highest BCUT2D eigenvalue weighted by Gasteiger charge is 2.09. The van der Waals surface area contributed by atoms with Gasteiger partial charge in [-0.05, 0) is 18.2 Å². The number of hydrogen-bond donors (Lipinski definition) is 3. The quantitative estimate of drug-likeness (QED) is 0.445. The van der Waals surface area contributed by atoms with Crippen molar-refractivity contribution in [2.24, 2.45) is 10.2 Å². The van der Waals surface area contributed by atoms with E-state index in [9.17, 15) is 20.3 Å². The van der Waals surface area contributed by atoms with Crippen LogP contribution in [0.4, 0.5) is 23.0 Å². The van der Waals surface area contributed by atoms with Gasteiger partial charge in [0.25, 0.3) is 5.69 Å².